The molecule has 2 atom stereocenters. The van der Waals surface area contributed by atoms with Gasteiger partial charge in [-0.1, -0.05) is 6.07 Å². The van der Waals surface area contributed by atoms with E-state index in [-0.39, 0.29) is 12.1 Å². The number of hydrogen-bond donors (Lipinski definition) is 1. The van der Waals surface area contributed by atoms with Gasteiger partial charge in [-0.15, -0.1) is 0 Å². The number of furan rings is 1. The van der Waals surface area contributed by atoms with E-state index in [1.165, 1.54) is 0 Å². The number of thiocarbonyl (C=S) groups is 1. The van der Waals surface area contributed by atoms with E-state index >= 15 is 0 Å². The van der Waals surface area contributed by atoms with Gasteiger partial charge in [-0.25, -0.2) is 0 Å². The van der Waals surface area contributed by atoms with Gasteiger partial charge < -0.3 is 19.5 Å². The Labute approximate surface area is 142 Å². The summed E-state index contributed by atoms with van der Waals surface area (Å²) in [6, 6.07) is 9.93. The lowest BCUT2D eigenvalue weighted by atomic mass is 10.0. The van der Waals surface area contributed by atoms with Gasteiger partial charge in [-0.2, -0.15) is 0 Å². The molecule has 0 aromatic carbocycles. The van der Waals surface area contributed by atoms with Gasteiger partial charge in [0.25, 0.3) is 0 Å². The fourth-order valence-corrected chi connectivity index (χ4v) is 3.30. The molecule has 1 aliphatic heterocycles. The molecule has 1 saturated heterocycles. The Bertz CT molecular complexity index is 629. The van der Waals surface area contributed by atoms with Gasteiger partial charge in [-0.05, 0) is 63.5 Å². The quantitative estimate of drug-likeness (QED) is 0.822. The molecule has 1 fully saturated rings. The van der Waals surface area contributed by atoms with Gasteiger partial charge in [0.15, 0.2) is 5.11 Å². The fraction of sp³-hybridized carbons (Fsp3) is 0.412. The molecule has 3 heterocycles. The lowest BCUT2D eigenvalue weighted by molar-refractivity contribution is 0.259. The highest BCUT2D eigenvalue weighted by Crippen LogP contribution is 2.38. The SMILES string of the molecule is CN(C)CCCN1C(=S)NC(c2ccccn2)C1c1ccco1. The molecule has 6 heteroatoms. The van der Waals surface area contributed by atoms with Gasteiger partial charge in [-0.3, -0.25) is 4.98 Å². The van der Waals surface area contributed by atoms with Crippen molar-refractivity contribution >= 4 is 17.3 Å². The summed E-state index contributed by atoms with van der Waals surface area (Å²) >= 11 is 5.58. The standard InChI is InChI=1S/C17H22N4OS/c1-20(2)10-6-11-21-16(14-8-5-12-22-14)15(19-17(21)23)13-7-3-4-9-18-13/h3-5,7-9,12,15-16H,6,10-11H2,1-2H3,(H,19,23). The van der Waals surface area contributed by atoms with Crippen LogP contribution in [0.25, 0.3) is 0 Å². The van der Waals surface area contributed by atoms with Crippen molar-refractivity contribution in [2.75, 3.05) is 27.2 Å². The van der Waals surface area contributed by atoms with E-state index in [2.05, 4.69) is 34.2 Å². The third kappa shape index (κ3) is 3.54. The van der Waals surface area contributed by atoms with E-state index < -0.39 is 0 Å². The van der Waals surface area contributed by atoms with Crippen molar-refractivity contribution in [2.45, 2.75) is 18.5 Å². The maximum absolute atomic E-state index is 5.70. The lowest BCUT2D eigenvalue weighted by Gasteiger charge is -2.26. The molecular weight excluding hydrogens is 308 g/mol. The molecule has 1 N–H and O–H groups in total. The zero-order valence-electron chi connectivity index (χ0n) is 13.5. The summed E-state index contributed by atoms with van der Waals surface area (Å²) in [7, 11) is 4.17. The first-order chi connectivity index (χ1) is 11.2. The van der Waals surface area contributed by atoms with Crippen LogP contribution >= 0.6 is 12.2 Å². The molecule has 2 unspecified atom stereocenters. The third-order valence-corrected chi connectivity index (χ3v) is 4.39. The molecule has 2 aromatic rings. The summed E-state index contributed by atoms with van der Waals surface area (Å²) in [6.07, 6.45) is 4.57. The van der Waals surface area contributed by atoms with Crippen molar-refractivity contribution in [1.82, 2.24) is 20.1 Å². The van der Waals surface area contributed by atoms with Crippen molar-refractivity contribution < 1.29 is 4.42 Å². The lowest BCUT2D eigenvalue weighted by Crippen LogP contribution is -2.32. The molecule has 1 aliphatic rings. The normalized spacial score (nSPS) is 21.0. The van der Waals surface area contributed by atoms with Crippen LogP contribution in [0.3, 0.4) is 0 Å². The number of aromatic nitrogens is 1. The van der Waals surface area contributed by atoms with E-state index in [1.54, 1.807) is 6.26 Å². The smallest absolute Gasteiger partial charge is 0.170 e. The van der Waals surface area contributed by atoms with E-state index in [0.717, 1.165) is 36.1 Å². The molecule has 0 aliphatic carbocycles. The highest BCUT2D eigenvalue weighted by atomic mass is 32.1. The van der Waals surface area contributed by atoms with Crippen molar-refractivity contribution in [2.24, 2.45) is 0 Å². The first-order valence-electron chi connectivity index (χ1n) is 7.83. The van der Waals surface area contributed by atoms with E-state index in [9.17, 15) is 0 Å². The van der Waals surface area contributed by atoms with Crippen LogP contribution in [-0.2, 0) is 0 Å². The molecule has 0 amide bonds. The number of pyridine rings is 1. The van der Waals surface area contributed by atoms with Crippen molar-refractivity contribution in [3.63, 3.8) is 0 Å². The van der Waals surface area contributed by atoms with Crippen LogP contribution in [0.1, 0.15) is 30.0 Å². The molecular formula is C17H22N4OS. The number of rotatable bonds is 6. The zero-order valence-corrected chi connectivity index (χ0v) is 14.3. The first kappa shape index (κ1) is 16.0. The Hall–Kier alpha value is -1.92. The Morgan fingerprint density at radius 2 is 2.17 bits per heavy atom. The van der Waals surface area contributed by atoms with Crippen molar-refractivity contribution in [1.29, 1.82) is 0 Å². The number of nitrogens with one attached hydrogen (secondary N) is 1. The van der Waals surface area contributed by atoms with E-state index in [1.807, 2.05) is 36.5 Å². The molecule has 0 bridgehead atoms. The van der Waals surface area contributed by atoms with E-state index in [0.29, 0.717) is 0 Å². The van der Waals surface area contributed by atoms with Gasteiger partial charge in [0.1, 0.15) is 11.8 Å². The molecule has 0 radical (unpaired) electrons. The number of nitrogens with zero attached hydrogens (tertiary/aromatic N) is 3. The Morgan fingerprint density at radius 3 is 2.83 bits per heavy atom. The summed E-state index contributed by atoms with van der Waals surface area (Å²) in [5, 5.41) is 4.18. The summed E-state index contributed by atoms with van der Waals surface area (Å²) < 4.78 is 5.70. The predicted molar refractivity (Wildman–Crippen MR) is 94.0 cm³/mol. The topological polar surface area (TPSA) is 44.5 Å². The van der Waals surface area contributed by atoms with Crippen LogP contribution in [0.2, 0.25) is 0 Å². The van der Waals surface area contributed by atoms with Gasteiger partial charge in [0.2, 0.25) is 0 Å². The van der Waals surface area contributed by atoms with Crippen LogP contribution in [0, 0.1) is 0 Å². The van der Waals surface area contributed by atoms with Gasteiger partial charge in [0.05, 0.1) is 18.0 Å². The number of hydrogen-bond acceptors (Lipinski definition) is 4. The van der Waals surface area contributed by atoms with Gasteiger partial charge in [0, 0.05) is 12.7 Å². The second kappa shape index (κ2) is 7.10. The molecule has 5 nitrogen and oxygen atoms in total. The van der Waals surface area contributed by atoms with Crippen LogP contribution < -0.4 is 5.32 Å². The predicted octanol–water partition coefficient (Wildman–Crippen LogP) is 2.60. The average molecular weight is 330 g/mol. The summed E-state index contributed by atoms with van der Waals surface area (Å²) in [6.45, 7) is 1.91. The average Bonchev–Trinajstić information content (AvgIpc) is 3.16. The second-order valence-corrected chi connectivity index (χ2v) is 6.38. The summed E-state index contributed by atoms with van der Waals surface area (Å²) in [4.78, 5) is 8.90. The Balaban J connectivity index is 1.85. The Morgan fingerprint density at radius 1 is 1.30 bits per heavy atom. The third-order valence-electron chi connectivity index (χ3n) is 4.04. The molecule has 2 aromatic heterocycles. The van der Waals surface area contributed by atoms with E-state index in [4.69, 9.17) is 16.6 Å². The summed E-state index contributed by atoms with van der Waals surface area (Å²) in [5.74, 6) is 0.915. The molecule has 0 saturated carbocycles. The highest BCUT2D eigenvalue weighted by Gasteiger charge is 2.40. The van der Waals surface area contributed by atoms with Crippen LogP contribution in [0.15, 0.2) is 47.2 Å². The van der Waals surface area contributed by atoms with Crippen LogP contribution in [0.4, 0.5) is 0 Å². The largest absolute Gasteiger partial charge is 0.467 e. The zero-order chi connectivity index (χ0) is 16.2. The summed E-state index contributed by atoms with van der Waals surface area (Å²) in [5.41, 5.74) is 0.978. The second-order valence-electron chi connectivity index (χ2n) is 5.99. The molecule has 0 spiro atoms. The molecule has 3 rings (SSSR count). The first-order valence-corrected chi connectivity index (χ1v) is 8.24. The maximum Gasteiger partial charge on any atom is 0.170 e. The molecule has 122 valence electrons. The van der Waals surface area contributed by atoms with Crippen LogP contribution in [0.5, 0.6) is 0 Å². The van der Waals surface area contributed by atoms with Crippen molar-refractivity contribution in [3.05, 3.63) is 54.2 Å². The van der Waals surface area contributed by atoms with Crippen LogP contribution in [-0.4, -0.2) is 47.1 Å². The fourth-order valence-electron chi connectivity index (χ4n) is 2.97. The van der Waals surface area contributed by atoms with Crippen molar-refractivity contribution in [3.8, 4) is 0 Å². The minimum absolute atomic E-state index is 0.00852. The minimum atomic E-state index is 0.00852. The Kier molecular flexibility index (Phi) is 4.93. The maximum atomic E-state index is 5.70. The monoisotopic (exact) mass is 330 g/mol. The van der Waals surface area contributed by atoms with Gasteiger partial charge >= 0.3 is 0 Å². The molecule has 23 heavy (non-hydrogen) atoms. The minimum Gasteiger partial charge on any atom is -0.467 e. The highest BCUT2D eigenvalue weighted by molar-refractivity contribution is 7.80.